The molecule has 0 saturated heterocycles. The molecule has 0 N–H and O–H groups in total. The summed E-state index contributed by atoms with van der Waals surface area (Å²) in [7, 11) is 1.24. The Bertz CT molecular complexity index is 506. The Labute approximate surface area is 96.8 Å². The first kappa shape index (κ1) is 12.9. The summed E-state index contributed by atoms with van der Waals surface area (Å²) in [6.07, 6.45) is 1.14. The molecule has 0 radical (unpaired) electrons. The van der Waals surface area contributed by atoms with Crippen LogP contribution in [0, 0.1) is 17.0 Å². The van der Waals surface area contributed by atoms with E-state index in [4.69, 9.17) is 0 Å². The largest absolute Gasteiger partial charge is 0.469 e. The van der Waals surface area contributed by atoms with Gasteiger partial charge in [-0.05, 0) is 6.92 Å². The van der Waals surface area contributed by atoms with Gasteiger partial charge in [0, 0.05) is 18.2 Å². The van der Waals surface area contributed by atoms with Gasteiger partial charge in [0.25, 0.3) is 11.2 Å². The number of aryl methyl sites for hydroxylation is 2. The van der Waals surface area contributed by atoms with E-state index in [1.165, 1.54) is 20.1 Å². The van der Waals surface area contributed by atoms with E-state index in [1.54, 1.807) is 0 Å². The Kier molecular flexibility index (Phi) is 3.97. The molecule has 0 amide bonds. The van der Waals surface area contributed by atoms with Crippen molar-refractivity contribution in [2.75, 3.05) is 7.11 Å². The van der Waals surface area contributed by atoms with Gasteiger partial charge in [-0.1, -0.05) is 0 Å². The van der Waals surface area contributed by atoms with Crippen LogP contribution in [-0.2, 0) is 16.1 Å². The van der Waals surface area contributed by atoms with Gasteiger partial charge in [0.15, 0.2) is 0 Å². The van der Waals surface area contributed by atoms with Crippen LogP contribution in [0.2, 0.25) is 0 Å². The second-order valence-corrected chi connectivity index (χ2v) is 3.46. The predicted octanol–water partition coefficient (Wildman–Crippen LogP) is 0.628. The highest BCUT2D eigenvalue weighted by Crippen LogP contribution is 2.14. The van der Waals surface area contributed by atoms with Crippen molar-refractivity contribution < 1.29 is 14.5 Å². The SMILES string of the molecule is COC(=O)CCn1cc([N+](=O)[O-])c(C)cc1=O. The third-order valence-electron chi connectivity index (χ3n) is 2.29. The second kappa shape index (κ2) is 5.24. The minimum Gasteiger partial charge on any atom is -0.469 e. The van der Waals surface area contributed by atoms with Crippen molar-refractivity contribution in [2.24, 2.45) is 0 Å². The van der Waals surface area contributed by atoms with Crippen molar-refractivity contribution in [3.05, 3.63) is 38.3 Å². The minimum atomic E-state index is -0.566. The van der Waals surface area contributed by atoms with Gasteiger partial charge in [0.05, 0.1) is 24.7 Å². The van der Waals surface area contributed by atoms with Crippen LogP contribution in [-0.4, -0.2) is 22.6 Å². The molecular weight excluding hydrogens is 228 g/mol. The van der Waals surface area contributed by atoms with Crippen molar-refractivity contribution >= 4 is 11.7 Å². The molecule has 0 aliphatic carbocycles. The first-order valence-corrected chi connectivity index (χ1v) is 4.88. The van der Waals surface area contributed by atoms with Gasteiger partial charge in [0.2, 0.25) is 0 Å². The Morgan fingerprint density at radius 3 is 2.76 bits per heavy atom. The van der Waals surface area contributed by atoms with E-state index in [0.29, 0.717) is 5.56 Å². The van der Waals surface area contributed by atoms with E-state index in [9.17, 15) is 19.7 Å². The third-order valence-corrected chi connectivity index (χ3v) is 2.29. The monoisotopic (exact) mass is 240 g/mol. The van der Waals surface area contributed by atoms with Gasteiger partial charge in [-0.15, -0.1) is 0 Å². The Morgan fingerprint density at radius 1 is 1.59 bits per heavy atom. The average Bonchev–Trinajstić information content (AvgIpc) is 2.26. The summed E-state index contributed by atoms with van der Waals surface area (Å²) in [5.41, 5.74) is -0.221. The van der Waals surface area contributed by atoms with Gasteiger partial charge >= 0.3 is 5.97 Å². The van der Waals surface area contributed by atoms with Crippen LogP contribution in [0.3, 0.4) is 0 Å². The molecule has 0 bridgehead atoms. The molecule has 1 aromatic heterocycles. The molecule has 0 fully saturated rings. The minimum absolute atomic E-state index is 0.00335. The van der Waals surface area contributed by atoms with Gasteiger partial charge in [-0.25, -0.2) is 0 Å². The fourth-order valence-corrected chi connectivity index (χ4v) is 1.33. The fourth-order valence-electron chi connectivity index (χ4n) is 1.33. The number of carbonyl (C=O) groups is 1. The van der Waals surface area contributed by atoms with E-state index in [-0.39, 0.29) is 24.2 Å². The number of hydrogen-bond donors (Lipinski definition) is 0. The number of nitro groups is 1. The molecule has 1 rings (SSSR count). The third kappa shape index (κ3) is 3.13. The number of rotatable bonds is 4. The summed E-state index contributed by atoms with van der Waals surface area (Å²) < 4.78 is 5.55. The quantitative estimate of drug-likeness (QED) is 0.437. The maximum atomic E-state index is 11.5. The van der Waals surface area contributed by atoms with Gasteiger partial charge in [0.1, 0.15) is 0 Å². The van der Waals surface area contributed by atoms with E-state index in [2.05, 4.69) is 4.74 Å². The smallest absolute Gasteiger partial charge is 0.307 e. The molecule has 0 atom stereocenters. The molecule has 0 saturated carbocycles. The van der Waals surface area contributed by atoms with E-state index >= 15 is 0 Å². The molecule has 0 spiro atoms. The summed E-state index contributed by atoms with van der Waals surface area (Å²) >= 11 is 0. The second-order valence-electron chi connectivity index (χ2n) is 3.46. The summed E-state index contributed by atoms with van der Waals surface area (Å²) in [5.74, 6) is -0.472. The van der Waals surface area contributed by atoms with Crippen molar-refractivity contribution in [1.29, 1.82) is 0 Å². The summed E-state index contributed by atoms with van der Waals surface area (Å²) in [6, 6.07) is 1.18. The average molecular weight is 240 g/mol. The van der Waals surface area contributed by atoms with Crippen LogP contribution in [0.5, 0.6) is 0 Å². The molecule has 0 aliphatic rings. The van der Waals surface area contributed by atoms with Crippen LogP contribution in [0.15, 0.2) is 17.1 Å². The highest BCUT2D eigenvalue weighted by Gasteiger charge is 2.13. The maximum absolute atomic E-state index is 11.5. The van der Waals surface area contributed by atoms with Crippen molar-refractivity contribution in [3.8, 4) is 0 Å². The van der Waals surface area contributed by atoms with Crippen LogP contribution >= 0.6 is 0 Å². The topological polar surface area (TPSA) is 91.4 Å². The summed E-state index contributed by atoms with van der Waals surface area (Å²) in [4.78, 5) is 32.5. The molecule has 17 heavy (non-hydrogen) atoms. The van der Waals surface area contributed by atoms with Crippen LogP contribution < -0.4 is 5.56 Å². The zero-order valence-electron chi connectivity index (χ0n) is 9.50. The van der Waals surface area contributed by atoms with Crippen LogP contribution in [0.25, 0.3) is 0 Å². The summed E-state index contributed by atoms with van der Waals surface area (Å²) in [6.45, 7) is 1.55. The zero-order chi connectivity index (χ0) is 13.0. The normalized spacial score (nSPS) is 10.0. The maximum Gasteiger partial charge on any atom is 0.307 e. The van der Waals surface area contributed by atoms with Crippen molar-refractivity contribution in [3.63, 3.8) is 0 Å². The molecule has 1 aromatic rings. The Balaban J connectivity index is 3.00. The number of ether oxygens (including phenoxy) is 1. The molecule has 1 heterocycles. The predicted molar refractivity (Wildman–Crippen MR) is 58.7 cm³/mol. The first-order chi connectivity index (χ1) is 7.95. The molecule has 0 aliphatic heterocycles. The molecule has 7 nitrogen and oxygen atoms in total. The van der Waals surface area contributed by atoms with Crippen molar-refractivity contribution in [1.82, 2.24) is 4.57 Å². The van der Waals surface area contributed by atoms with Gasteiger partial charge in [-0.2, -0.15) is 0 Å². The number of pyridine rings is 1. The standard InChI is InChI=1S/C10H12N2O5/c1-7-5-9(13)11(4-3-10(14)17-2)6-8(7)12(15)16/h5-6H,3-4H2,1-2H3. The number of aromatic nitrogens is 1. The van der Waals surface area contributed by atoms with Crippen LogP contribution in [0.4, 0.5) is 5.69 Å². The lowest BCUT2D eigenvalue weighted by atomic mass is 10.2. The number of hydrogen-bond acceptors (Lipinski definition) is 5. The molecule has 7 heteroatoms. The first-order valence-electron chi connectivity index (χ1n) is 4.88. The molecule has 0 aromatic carbocycles. The number of methoxy groups -OCH3 is 1. The molecule has 92 valence electrons. The fraction of sp³-hybridized carbons (Fsp3) is 0.400. The summed E-state index contributed by atoms with van der Waals surface area (Å²) in [5, 5.41) is 10.7. The highest BCUT2D eigenvalue weighted by molar-refractivity contribution is 5.68. The Hall–Kier alpha value is -2.18. The van der Waals surface area contributed by atoms with E-state index in [0.717, 1.165) is 10.8 Å². The lowest BCUT2D eigenvalue weighted by Gasteiger charge is -2.05. The Morgan fingerprint density at radius 2 is 2.24 bits per heavy atom. The molecule has 0 unspecified atom stereocenters. The lowest BCUT2D eigenvalue weighted by Crippen LogP contribution is -2.21. The molecular formula is C10H12N2O5. The van der Waals surface area contributed by atoms with E-state index < -0.39 is 10.9 Å². The zero-order valence-corrected chi connectivity index (χ0v) is 9.50. The van der Waals surface area contributed by atoms with Gasteiger partial charge < -0.3 is 9.30 Å². The van der Waals surface area contributed by atoms with Crippen molar-refractivity contribution in [2.45, 2.75) is 19.9 Å². The number of nitrogens with zero attached hydrogens (tertiary/aromatic N) is 2. The number of carbonyl (C=O) groups excluding carboxylic acids is 1. The number of esters is 1. The van der Waals surface area contributed by atoms with Gasteiger partial charge in [-0.3, -0.25) is 19.7 Å². The lowest BCUT2D eigenvalue weighted by molar-refractivity contribution is -0.385. The highest BCUT2D eigenvalue weighted by atomic mass is 16.6. The van der Waals surface area contributed by atoms with Crippen LogP contribution in [0.1, 0.15) is 12.0 Å². The van der Waals surface area contributed by atoms with E-state index in [1.807, 2.05) is 0 Å².